The number of rotatable bonds is 2. The van der Waals surface area contributed by atoms with Gasteiger partial charge in [0.2, 0.25) is 0 Å². The van der Waals surface area contributed by atoms with Crippen LogP contribution >= 0.6 is 11.8 Å². The summed E-state index contributed by atoms with van der Waals surface area (Å²) in [7, 11) is 1.64. The molecule has 0 fully saturated rings. The summed E-state index contributed by atoms with van der Waals surface area (Å²) in [6, 6.07) is 23.7. The molecule has 2 nitrogen and oxygen atoms in total. The fourth-order valence-corrected chi connectivity index (χ4v) is 4.30. The minimum absolute atomic E-state index is 0.782. The van der Waals surface area contributed by atoms with Crippen LogP contribution in [0.4, 0.5) is 0 Å². The standard InChI is InChI=1S/C20H16O2S/c1-22-15-12-10-14(11-13-15)20(21)16-6-2-4-8-18(16)23-19-9-5-3-7-17(19)20/h2-13,21H,1H3. The molecule has 1 aliphatic heterocycles. The molecule has 0 saturated carbocycles. The molecule has 114 valence electrons. The number of aliphatic hydroxyl groups is 1. The Hall–Kier alpha value is -2.23. The minimum atomic E-state index is -1.15. The Morgan fingerprint density at radius 3 is 1.83 bits per heavy atom. The SMILES string of the molecule is COc1ccc(C2(O)c3ccccc3Sc3ccccc32)cc1. The highest BCUT2D eigenvalue weighted by Gasteiger charge is 2.40. The molecule has 0 amide bonds. The van der Waals surface area contributed by atoms with Crippen molar-refractivity contribution < 1.29 is 9.84 Å². The first-order valence-electron chi connectivity index (χ1n) is 7.47. The summed E-state index contributed by atoms with van der Waals surface area (Å²) in [6.45, 7) is 0. The number of hydrogen-bond donors (Lipinski definition) is 1. The molecule has 3 aromatic carbocycles. The molecule has 0 radical (unpaired) electrons. The second-order valence-corrected chi connectivity index (χ2v) is 6.62. The summed E-state index contributed by atoms with van der Waals surface area (Å²) in [4.78, 5) is 2.18. The maximum absolute atomic E-state index is 11.8. The topological polar surface area (TPSA) is 29.5 Å². The molecule has 0 unspecified atom stereocenters. The number of methoxy groups -OCH3 is 1. The van der Waals surface area contributed by atoms with E-state index in [1.165, 1.54) is 0 Å². The van der Waals surface area contributed by atoms with Crippen molar-refractivity contribution in [2.45, 2.75) is 15.4 Å². The van der Waals surface area contributed by atoms with E-state index in [-0.39, 0.29) is 0 Å². The summed E-state index contributed by atoms with van der Waals surface area (Å²) >= 11 is 1.70. The van der Waals surface area contributed by atoms with Crippen molar-refractivity contribution in [1.82, 2.24) is 0 Å². The van der Waals surface area contributed by atoms with Crippen LogP contribution in [0.3, 0.4) is 0 Å². The predicted molar refractivity (Wildman–Crippen MR) is 92.1 cm³/mol. The molecular formula is C20H16O2S. The maximum atomic E-state index is 11.8. The first kappa shape index (κ1) is 14.4. The van der Waals surface area contributed by atoms with Crippen LogP contribution in [0.5, 0.6) is 5.75 Å². The van der Waals surface area contributed by atoms with Crippen molar-refractivity contribution in [3.63, 3.8) is 0 Å². The van der Waals surface area contributed by atoms with Crippen LogP contribution < -0.4 is 4.74 Å². The van der Waals surface area contributed by atoms with E-state index in [4.69, 9.17) is 4.74 Å². The van der Waals surface area contributed by atoms with Crippen molar-refractivity contribution in [3.8, 4) is 5.75 Å². The van der Waals surface area contributed by atoms with Crippen molar-refractivity contribution in [2.24, 2.45) is 0 Å². The van der Waals surface area contributed by atoms with Crippen molar-refractivity contribution >= 4 is 11.8 Å². The van der Waals surface area contributed by atoms with E-state index in [2.05, 4.69) is 12.1 Å². The van der Waals surface area contributed by atoms with Gasteiger partial charge in [-0.2, -0.15) is 0 Å². The normalized spacial score (nSPS) is 14.7. The predicted octanol–water partition coefficient (Wildman–Crippen LogP) is 4.44. The largest absolute Gasteiger partial charge is 0.497 e. The summed E-state index contributed by atoms with van der Waals surface area (Å²) in [6.07, 6.45) is 0. The lowest BCUT2D eigenvalue weighted by atomic mass is 9.80. The fourth-order valence-electron chi connectivity index (χ4n) is 3.12. The van der Waals surface area contributed by atoms with Gasteiger partial charge in [-0.05, 0) is 29.8 Å². The van der Waals surface area contributed by atoms with E-state index >= 15 is 0 Å². The van der Waals surface area contributed by atoms with E-state index in [0.717, 1.165) is 32.2 Å². The summed E-state index contributed by atoms with van der Waals surface area (Å²) < 4.78 is 5.24. The molecule has 0 spiro atoms. The Bertz CT molecular complexity index is 810. The molecule has 3 heteroatoms. The van der Waals surface area contributed by atoms with Crippen LogP contribution in [0, 0.1) is 0 Å². The number of ether oxygens (including phenoxy) is 1. The Labute approximate surface area is 139 Å². The number of hydrogen-bond acceptors (Lipinski definition) is 3. The lowest BCUT2D eigenvalue weighted by Gasteiger charge is -2.36. The molecule has 0 aromatic heterocycles. The van der Waals surface area contributed by atoms with Crippen LogP contribution in [-0.4, -0.2) is 12.2 Å². The highest BCUT2D eigenvalue weighted by Crippen LogP contribution is 2.50. The molecule has 1 N–H and O–H groups in total. The van der Waals surface area contributed by atoms with Crippen LogP contribution in [0.15, 0.2) is 82.6 Å². The molecule has 0 aliphatic carbocycles. The second-order valence-electron chi connectivity index (χ2n) is 5.53. The van der Waals surface area contributed by atoms with Crippen LogP contribution in [0.1, 0.15) is 16.7 Å². The molecule has 1 aliphatic rings. The summed E-state index contributed by atoms with van der Waals surface area (Å²) in [5, 5.41) is 11.8. The van der Waals surface area contributed by atoms with Gasteiger partial charge in [-0.1, -0.05) is 60.3 Å². The van der Waals surface area contributed by atoms with Gasteiger partial charge in [0.05, 0.1) is 7.11 Å². The van der Waals surface area contributed by atoms with Gasteiger partial charge in [-0.3, -0.25) is 0 Å². The molecule has 3 aromatic rings. The zero-order valence-electron chi connectivity index (χ0n) is 12.7. The summed E-state index contributed by atoms with van der Waals surface area (Å²) in [5.74, 6) is 0.782. The molecule has 1 heterocycles. The molecule has 23 heavy (non-hydrogen) atoms. The molecule has 0 bridgehead atoms. The monoisotopic (exact) mass is 320 g/mol. The minimum Gasteiger partial charge on any atom is -0.497 e. The third kappa shape index (κ3) is 2.16. The van der Waals surface area contributed by atoms with E-state index in [0.29, 0.717) is 0 Å². The van der Waals surface area contributed by atoms with Gasteiger partial charge >= 0.3 is 0 Å². The lowest BCUT2D eigenvalue weighted by molar-refractivity contribution is 0.118. The third-order valence-corrected chi connectivity index (χ3v) is 5.43. The van der Waals surface area contributed by atoms with Gasteiger partial charge in [-0.15, -0.1) is 0 Å². The Kier molecular flexibility index (Phi) is 3.40. The van der Waals surface area contributed by atoms with Crippen molar-refractivity contribution in [3.05, 3.63) is 89.5 Å². The maximum Gasteiger partial charge on any atom is 0.142 e. The van der Waals surface area contributed by atoms with Gasteiger partial charge in [0.25, 0.3) is 0 Å². The smallest absolute Gasteiger partial charge is 0.142 e. The van der Waals surface area contributed by atoms with E-state index < -0.39 is 5.60 Å². The van der Waals surface area contributed by atoms with E-state index in [1.54, 1.807) is 18.9 Å². The van der Waals surface area contributed by atoms with Crippen molar-refractivity contribution in [1.29, 1.82) is 0 Å². The second kappa shape index (κ2) is 5.44. The highest BCUT2D eigenvalue weighted by molar-refractivity contribution is 7.99. The van der Waals surface area contributed by atoms with Gasteiger partial charge in [0, 0.05) is 20.9 Å². The molecule has 4 rings (SSSR count). The van der Waals surface area contributed by atoms with Crippen LogP contribution in [0.25, 0.3) is 0 Å². The van der Waals surface area contributed by atoms with E-state index in [1.807, 2.05) is 60.7 Å². The highest BCUT2D eigenvalue weighted by atomic mass is 32.2. The zero-order chi connectivity index (χ0) is 15.9. The van der Waals surface area contributed by atoms with Crippen LogP contribution in [0.2, 0.25) is 0 Å². The van der Waals surface area contributed by atoms with Gasteiger partial charge < -0.3 is 9.84 Å². The lowest BCUT2D eigenvalue weighted by Crippen LogP contribution is -2.32. The summed E-state index contributed by atoms with van der Waals surface area (Å²) in [5.41, 5.74) is 1.55. The Morgan fingerprint density at radius 1 is 0.783 bits per heavy atom. The first-order valence-corrected chi connectivity index (χ1v) is 8.29. The molecule has 0 saturated heterocycles. The Balaban J connectivity index is 1.98. The quantitative estimate of drug-likeness (QED) is 0.757. The van der Waals surface area contributed by atoms with Crippen LogP contribution in [-0.2, 0) is 5.60 Å². The molecular weight excluding hydrogens is 304 g/mol. The zero-order valence-corrected chi connectivity index (χ0v) is 13.5. The first-order chi connectivity index (χ1) is 11.2. The Morgan fingerprint density at radius 2 is 1.30 bits per heavy atom. The van der Waals surface area contributed by atoms with Crippen molar-refractivity contribution in [2.75, 3.05) is 7.11 Å². The van der Waals surface area contributed by atoms with Gasteiger partial charge in [0.15, 0.2) is 0 Å². The average Bonchev–Trinajstić information content (AvgIpc) is 2.62. The number of fused-ring (bicyclic) bond motifs is 2. The van der Waals surface area contributed by atoms with E-state index in [9.17, 15) is 5.11 Å². The average molecular weight is 320 g/mol. The van der Waals surface area contributed by atoms with Gasteiger partial charge in [-0.25, -0.2) is 0 Å². The number of benzene rings is 3. The fraction of sp³-hybridized carbons (Fsp3) is 0.100. The third-order valence-electron chi connectivity index (χ3n) is 4.28. The van der Waals surface area contributed by atoms with Gasteiger partial charge in [0.1, 0.15) is 11.4 Å². The molecule has 0 atom stereocenters.